The monoisotopic (exact) mass is 265 g/mol. The third-order valence-corrected chi connectivity index (χ3v) is 2.30. The van der Waals surface area contributed by atoms with Crippen LogP contribution < -0.4 is 5.06 Å². The van der Waals surface area contributed by atoms with Gasteiger partial charge in [-0.1, -0.05) is 36.4 Å². The Balaban J connectivity index is 2.38. The first-order chi connectivity index (χ1) is 9.18. The minimum absolute atomic E-state index is 0.435. The maximum absolute atomic E-state index is 13.0. The number of rotatable bonds is 4. The molecule has 2 rings (SSSR count). The van der Waals surface area contributed by atoms with E-state index in [4.69, 9.17) is 0 Å². The zero-order chi connectivity index (χ0) is 13.7. The quantitative estimate of drug-likeness (QED) is 0.582. The molecular weight excluding hydrogens is 255 g/mol. The lowest BCUT2D eigenvalue weighted by Gasteiger charge is -2.22. The molecule has 0 amide bonds. The number of anilines is 2. The average Bonchev–Trinajstić information content (AvgIpc) is 2.46. The fourth-order valence-electron chi connectivity index (χ4n) is 1.50. The largest absolute Gasteiger partial charge is 0.366 e. The normalized spacial score (nSPS) is 9.84. The van der Waals surface area contributed by atoms with Crippen LogP contribution in [0.2, 0.25) is 0 Å². The molecule has 0 N–H and O–H groups in total. The van der Waals surface area contributed by atoms with Gasteiger partial charge in [0, 0.05) is 0 Å². The van der Waals surface area contributed by atoms with Crippen molar-refractivity contribution in [2.24, 2.45) is 0 Å². The summed E-state index contributed by atoms with van der Waals surface area (Å²) in [6.07, 6.45) is -2.50. The highest BCUT2D eigenvalue weighted by Gasteiger charge is 2.16. The molecule has 0 aliphatic carbocycles. The minimum atomic E-state index is -2.50. The Hall–Kier alpha value is -2.43. The first kappa shape index (κ1) is 13.0. The van der Waals surface area contributed by atoms with Gasteiger partial charge in [0.1, 0.15) is 0 Å². The Morgan fingerprint density at radius 3 is 1.53 bits per heavy atom. The van der Waals surface area contributed by atoms with E-state index in [1.54, 1.807) is 60.7 Å². The number of para-hydroxylation sites is 2. The van der Waals surface area contributed by atoms with Crippen LogP contribution in [-0.4, -0.2) is 0 Å². The van der Waals surface area contributed by atoms with E-state index < -0.39 is 12.1 Å². The summed E-state index contributed by atoms with van der Waals surface area (Å²) >= 11 is 0. The number of halogens is 3. The molecule has 0 aliphatic rings. The van der Waals surface area contributed by atoms with E-state index in [2.05, 4.69) is 4.84 Å². The fourth-order valence-corrected chi connectivity index (χ4v) is 1.50. The van der Waals surface area contributed by atoms with Gasteiger partial charge in [0.15, 0.2) is 0 Å². The summed E-state index contributed by atoms with van der Waals surface area (Å²) in [7, 11) is 0. The molecular formula is C14H10F3NO. The molecule has 0 bridgehead atoms. The topological polar surface area (TPSA) is 12.5 Å². The first-order valence-electron chi connectivity index (χ1n) is 5.47. The first-order valence-corrected chi connectivity index (χ1v) is 5.47. The van der Waals surface area contributed by atoms with E-state index in [0.29, 0.717) is 11.4 Å². The highest BCUT2D eigenvalue weighted by atomic mass is 19.3. The number of nitrogens with zero attached hydrogens (tertiary/aromatic N) is 1. The average molecular weight is 265 g/mol. The van der Waals surface area contributed by atoms with Gasteiger partial charge in [0.2, 0.25) is 0 Å². The van der Waals surface area contributed by atoms with Crippen LogP contribution in [0.4, 0.5) is 24.5 Å². The lowest BCUT2D eigenvalue weighted by Crippen LogP contribution is -2.16. The van der Waals surface area contributed by atoms with Crippen LogP contribution in [0.25, 0.3) is 0 Å². The predicted molar refractivity (Wildman–Crippen MR) is 66.5 cm³/mol. The van der Waals surface area contributed by atoms with Crippen molar-refractivity contribution in [3.05, 3.63) is 72.8 Å². The Labute approximate surface area is 108 Å². The highest BCUT2D eigenvalue weighted by Crippen LogP contribution is 2.28. The van der Waals surface area contributed by atoms with Gasteiger partial charge in [-0.25, -0.2) is 0 Å². The van der Waals surface area contributed by atoms with Crippen molar-refractivity contribution in [1.82, 2.24) is 0 Å². The second-order valence-corrected chi connectivity index (χ2v) is 3.59. The van der Waals surface area contributed by atoms with Crippen molar-refractivity contribution < 1.29 is 18.0 Å². The van der Waals surface area contributed by atoms with Crippen molar-refractivity contribution in [1.29, 1.82) is 0 Å². The van der Waals surface area contributed by atoms with Gasteiger partial charge < -0.3 is 4.84 Å². The van der Waals surface area contributed by atoms with E-state index >= 15 is 0 Å². The Morgan fingerprint density at radius 1 is 0.737 bits per heavy atom. The van der Waals surface area contributed by atoms with Gasteiger partial charge in [-0.3, -0.25) is 0 Å². The molecule has 98 valence electrons. The van der Waals surface area contributed by atoms with Crippen LogP contribution in [-0.2, 0) is 4.84 Å². The molecule has 0 aromatic heterocycles. The third kappa shape index (κ3) is 3.28. The smallest absolute Gasteiger partial charge is 0.338 e. The molecule has 0 spiro atoms. The second kappa shape index (κ2) is 5.95. The van der Waals surface area contributed by atoms with Gasteiger partial charge in [0.05, 0.1) is 11.4 Å². The van der Waals surface area contributed by atoms with E-state index in [9.17, 15) is 13.2 Å². The number of benzene rings is 2. The second-order valence-electron chi connectivity index (χ2n) is 3.59. The van der Waals surface area contributed by atoms with Crippen LogP contribution >= 0.6 is 0 Å². The lowest BCUT2D eigenvalue weighted by molar-refractivity contribution is 0.120. The summed E-state index contributed by atoms with van der Waals surface area (Å²) in [4.78, 5) is 4.58. The molecule has 0 fully saturated rings. The summed E-state index contributed by atoms with van der Waals surface area (Å²) in [5.41, 5.74) is 0.871. The van der Waals surface area contributed by atoms with Crippen LogP contribution in [0.15, 0.2) is 72.8 Å². The molecule has 19 heavy (non-hydrogen) atoms. The maximum atomic E-state index is 13.0. The van der Waals surface area contributed by atoms with Gasteiger partial charge in [-0.05, 0) is 24.3 Å². The molecule has 2 nitrogen and oxygen atoms in total. The Morgan fingerprint density at radius 2 is 1.16 bits per heavy atom. The molecule has 0 radical (unpaired) electrons. The van der Waals surface area contributed by atoms with E-state index in [1.807, 2.05) is 0 Å². The van der Waals surface area contributed by atoms with Crippen molar-refractivity contribution in [3.63, 3.8) is 0 Å². The van der Waals surface area contributed by atoms with Crippen LogP contribution in [0, 0.1) is 0 Å². The third-order valence-electron chi connectivity index (χ3n) is 2.30. The number of hydrogen-bond donors (Lipinski definition) is 0. The van der Waals surface area contributed by atoms with Gasteiger partial charge >= 0.3 is 12.1 Å². The molecule has 0 saturated carbocycles. The summed E-state index contributed by atoms with van der Waals surface area (Å²) < 4.78 is 37.4. The molecule has 0 aliphatic heterocycles. The number of hydrogen-bond acceptors (Lipinski definition) is 2. The fraction of sp³-hybridized carbons (Fsp3) is 0. The van der Waals surface area contributed by atoms with Crippen molar-refractivity contribution in [2.45, 2.75) is 0 Å². The highest BCUT2D eigenvalue weighted by molar-refractivity contribution is 5.60. The van der Waals surface area contributed by atoms with E-state index in [0.717, 1.165) is 5.06 Å². The summed E-state index contributed by atoms with van der Waals surface area (Å²) in [5, 5.41) is 0.995. The Bertz CT molecular complexity index is 514. The maximum Gasteiger partial charge on any atom is 0.366 e. The molecule has 0 saturated heterocycles. The molecule has 0 heterocycles. The molecule has 2 aromatic carbocycles. The van der Waals surface area contributed by atoms with E-state index in [1.165, 1.54) is 0 Å². The van der Waals surface area contributed by atoms with Crippen molar-refractivity contribution in [3.8, 4) is 0 Å². The Kier molecular flexibility index (Phi) is 4.07. The zero-order valence-corrected chi connectivity index (χ0v) is 9.76. The van der Waals surface area contributed by atoms with Gasteiger partial charge in [-0.15, -0.1) is 0 Å². The molecule has 5 heteroatoms. The van der Waals surface area contributed by atoms with Crippen LogP contribution in [0.3, 0.4) is 0 Å². The molecule has 2 aromatic rings. The minimum Gasteiger partial charge on any atom is -0.338 e. The van der Waals surface area contributed by atoms with Crippen LogP contribution in [0.5, 0.6) is 0 Å². The van der Waals surface area contributed by atoms with Gasteiger partial charge in [0.25, 0.3) is 0 Å². The van der Waals surface area contributed by atoms with E-state index in [-0.39, 0.29) is 0 Å². The van der Waals surface area contributed by atoms with Crippen molar-refractivity contribution >= 4 is 11.4 Å². The lowest BCUT2D eigenvalue weighted by atomic mass is 10.2. The van der Waals surface area contributed by atoms with Crippen LogP contribution in [0.1, 0.15) is 0 Å². The molecule has 0 unspecified atom stereocenters. The summed E-state index contributed by atoms with van der Waals surface area (Å²) in [6.45, 7) is 0. The predicted octanol–water partition coefficient (Wildman–Crippen LogP) is 4.79. The standard InChI is InChI=1S/C14H10F3NO/c15-13(16)14(17)19-18(11-7-3-1-4-8-11)12-9-5-2-6-10-12/h1-10H. The summed E-state index contributed by atoms with van der Waals surface area (Å²) in [6, 6.07) is 14.9. The van der Waals surface area contributed by atoms with Gasteiger partial charge in [-0.2, -0.15) is 18.2 Å². The molecule has 0 atom stereocenters. The SMILES string of the molecule is FC(F)=C(F)ON(c1ccccc1)c1ccccc1. The summed E-state index contributed by atoms with van der Waals surface area (Å²) in [5.74, 6) is 0. The zero-order valence-electron chi connectivity index (χ0n) is 9.76. The van der Waals surface area contributed by atoms with Crippen molar-refractivity contribution in [2.75, 3.05) is 5.06 Å².